The minimum atomic E-state index is -0.0815. The molecule has 0 radical (unpaired) electrons. The van der Waals surface area contributed by atoms with Crippen molar-refractivity contribution in [2.75, 3.05) is 12.3 Å². The largest absolute Gasteiger partial charge is 0.399 e. The first-order valence-electron chi connectivity index (χ1n) is 5.79. The molecule has 0 unspecified atom stereocenters. The molecule has 1 aromatic carbocycles. The van der Waals surface area contributed by atoms with E-state index in [9.17, 15) is 4.79 Å². The number of nitrogen functional groups attached to an aromatic ring is 1. The lowest BCUT2D eigenvalue weighted by Crippen LogP contribution is -2.42. The maximum atomic E-state index is 12.4. The molecule has 0 atom stereocenters. The number of anilines is 1. The Hall–Kier alpha value is -0.930. The Bertz CT molecular complexity index is 460. The van der Waals surface area contributed by atoms with E-state index in [1.165, 1.54) is 0 Å². The van der Waals surface area contributed by atoms with Gasteiger partial charge in [-0.25, -0.2) is 0 Å². The summed E-state index contributed by atoms with van der Waals surface area (Å²) < 4.78 is 0. The summed E-state index contributed by atoms with van der Waals surface area (Å²) in [5.74, 6) is -0.00231. The first-order valence-corrected chi connectivity index (χ1v) is 6.16. The predicted octanol–water partition coefficient (Wildman–Crippen LogP) is 3.36. The molecule has 1 aromatic rings. The molecule has 1 aliphatic heterocycles. The zero-order valence-electron chi connectivity index (χ0n) is 10.6. The van der Waals surface area contributed by atoms with Gasteiger partial charge < -0.3 is 10.6 Å². The van der Waals surface area contributed by atoms with E-state index >= 15 is 0 Å². The third kappa shape index (κ3) is 2.73. The molecule has 5 heteroatoms. The molecule has 2 N–H and O–H groups in total. The van der Waals surface area contributed by atoms with E-state index in [0.717, 1.165) is 19.4 Å². The van der Waals surface area contributed by atoms with Crippen molar-refractivity contribution in [3.63, 3.8) is 0 Å². The second-order valence-corrected chi connectivity index (χ2v) is 5.52. The van der Waals surface area contributed by atoms with Gasteiger partial charge in [-0.1, -0.05) is 11.6 Å². The van der Waals surface area contributed by atoms with Crippen LogP contribution in [-0.4, -0.2) is 22.9 Å². The van der Waals surface area contributed by atoms with Crippen LogP contribution in [0.4, 0.5) is 5.69 Å². The molecular formula is C13H18Cl2N2O. The third-order valence-electron chi connectivity index (χ3n) is 3.37. The van der Waals surface area contributed by atoms with E-state index in [-0.39, 0.29) is 23.9 Å². The lowest BCUT2D eigenvalue weighted by Gasteiger charge is -2.32. The van der Waals surface area contributed by atoms with Gasteiger partial charge in [0.15, 0.2) is 0 Å². The number of rotatable bonds is 1. The summed E-state index contributed by atoms with van der Waals surface area (Å²) in [6, 6.07) is 5.04. The van der Waals surface area contributed by atoms with E-state index in [4.69, 9.17) is 17.3 Å². The highest BCUT2D eigenvalue weighted by molar-refractivity contribution is 6.34. The Balaban J connectivity index is 0.00000162. The van der Waals surface area contributed by atoms with Gasteiger partial charge in [-0.05, 0) is 44.9 Å². The number of carbonyl (C=O) groups excluding carboxylic acids is 1. The first-order chi connectivity index (χ1) is 7.92. The van der Waals surface area contributed by atoms with Crippen LogP contribution >= 0.6 is 24.0 Å². The number of halogens is 2. The number of amides is 1. The summed E-state index contributed by atoms with van der Waals surface area (Å²) in [4.78, 5) is 14.3. The quantitative estimate of drug-likeness (QED) is 0.806. The molecule has 0 spiro atoms. The van der Waals surface area contributed by atoms with Crippen LogP contribution in [-0.2, 0) is 0 Å². The molecule has 2 rings (SSSR count). The van der Waals surface area contributed by atoms with Crippen LogP contribution in [0.15, 0.2) is 18.2 Å². The van der Waals surface area contributed by atoms with Crippen LogP contribution < -0.4 is 5.73 Å². The summed E-state index contributed by atoms with van der Waals surface area (Å²) in [7, 11) is 0. The molecule has 0 saturated carbocycles. The van der Waals surface area contributed by atoms with Gasteiger partial charge in [0.05, 0.1) is 10.6 Å². The van der Waals surface area contributed by atoms with Gasteiger partial charge >= 0.3 is 0 Å². The van der Waals surface area contributed by atoms with Gasteiger partial charge in [0.1, 0.15) is 0 Å². The highest BCUT2D eigenvalue weighted by Crippen LogP contribution is 2.31. The fraction of sp³-hybridized carbons (Fsp3) is 0.462. The summed E-state index contributed by atoms with van der Waals surface area (Å²) in [5.41, 5.74) is 6.66. The van der Waals surface area contributed by atoms with Crippen molar-refractivity contribution in [1.29, 1.82) is 0 Å². The number of hydrogen-bond acceptors (Lipinski definition) is 2. The van der Waals surface area contributed by atoms with E-state index in [2.05, 4.69) is 13.8 Å². The van der Waals surface area contributed by atoms with Crippen LogP contribution in [0.3, 0.4) is 0 Å². The van der Waals surface area contributed by atoms with Crippen molar-refractivity contribution in [2.24, 2.45) is 0 Å². The molecule has 0 bridgehead atoms. The Morgan fingerprint density at radius 3 is 2.61 bits per heavy atom. The Morgan fingerprint density at radius 2 is 2.11 bits per heavy atom. The summed E-state index contributed by atoms with van der Waals surface area (Å²) in [6.07, 6.45) is 2.08. The smallest absolute Gasteiger partial charge is 0.255 e. The monoisotopic (exact) mass is 288 g/mol. The Morgan fingerprint density at radius 1 is 1.44 bits per heavy atom. The molecule has 1 saturated heterocycles. The predicted molar refractivity (Wildman–Crippen MR) is 77.5 cm³/mol. The molecular weight excluding hydrogens is 271 g/mol. The minimum Gasteiger partial charge on any atom is -0.399 e. The van der Waals surface area contributed by atoms with Crippen LogP contribution in [0.1, 0.15) is 37.0 Å². The third-order valence-corrected chi connectivity index (χ3v) is 3.68. The zero-order chi connectivity index (χ0) is 12.6. The second kappa shape index (κ2) is 5.37. The van der Waals surface area contributed by atoms with Crippen molar-refractivity contribution in [2.45, 2.75) is 32.2 Å². The number of likely N-dealkylation sites (tertiary alicyclic amines) is 1. The molecule has 3 nitrogen and oxygen atoms in total. The van der Waals surface area contributed by atoms with Crippen molar-refractivity contribution in [1.82, 2.24) is 4.90 Å². The number of nitrogens with two attached hydrogens (primary N) is 1. The van der Waals surface area contributed by atoms with Crippen molar-refractivity contribution < 1.29 is 4.79 Å². The van der Waals surface area contributed by atoms with Gasteiger partial charge in [0, 0.05) is 17.8 Å². The molecule has 0 aliphatic carbocycles. The number of benzene rings is 1. The van der Waals surface area contributed by atoms with Crippen molar-refractivity contribution >= 4 is 35.6 Å². The zero-order valence-corrected chi connectivity index (χ0v) is 12.1. The fourth-order valence-electron chi connectivity index (χ4n) is 2.33. The number of carbonyl (C=O) groups is 1. The highest BCUT2D eigenvalue weighted by atomic mass is 35.5. The lowest BCUT2D eigenvalue weighted by atomic mass is 10.0. The van der Waals surface area contributed by atoms with Crippen molar-refractivity contribution in [3.8, 4) is 0 Å². The molecule has 1 aliphatic rings. The average molecular weight is 289 g/mol. The lowest BCUT2D eigenvalue weighted by molar-refractivity contribution is 0.0652. The number of hydrogen-bond donors (Lipinski definition) is 1. The molecule has 1 heterocycles. The van der Waals surface area contributed by atoms with Crippen molar-refractivity contribution in [3.05, 3.63) is 28.8 Å². The van der Waals surface area contributed by atoms with Crippen LogP contribution in [0.25, 0.3) is 0 Å². The van der Waals surface area contributed by atoms with Crippen LogP contribution in [0.2, 0.25) is 5.02 Å². The average Bonchev–Trinajstić information content (AvgIpc) is 2.57. The van der Waals surface area contributed by atoms with E-state index in [0.29, 0.717) is 16.3 Å². The number of nitrogens with zero attached hydrogens (tertiary/aromatic N) is 1. The summed E-state index contributed by atoms with van der Waals surface area (Å²) >= 11 is 6.07. The van der Waals surface area contributed by atoms with Gasteiger partial charge in [0.2, 0.25) is 0 Å². The summed E-state index contributed by atoms with van der Waals surface area (Å²) in [5, 5.41) is 0.428. The summed E-state index contributed by atoms with van der Waals surface area (Å²) in [6.45, 7) is 4.97. The van der Waals surface area contributed by atoms with Gasteiger partial charge in [0.25, 0.3) is 5.91 Å². The molecule has 100 valence electrons. The molecule has 1 fully saturated rings. The van der Waals surface area contributed by atoms with Gasteiger partial charge in [-0.15, -0.1) is 12.4 Å². The molecule has 0 aromatic heterocycles. The SMILES string of the molecule is CC1(C)CCCN1C(=O)c1ccc(N)cc1Cl.Cl. The first kappa shape index (κ1) is 15.1. The highest BCUT2D eigenvalue weighted by Gasteiger charge is 2.36. The maximum Gasteiger partial charge on any atom is 0.255 e. The van der Waals surface area contributed by atoms with Crippen LogP contribution in [0.5, 0.6) is 0 Å². The van der Waals surface area contributed by atoms with E-state index in [1.807, 2.05) is 4.90 Å². The second-order valence-electron chi connectivity index (χ2n) is 5.11. The minimum absolute atomic E-state index is 0. The van der Waals surface area contributed by atoms with Crippen LogP contribution in [0, 0.1) is 0 Å². The standard InChI is InChI=1S/C13H17ClN2O.ClH/c1-13(2)6-3-7-16(13)12(17)10-5-4-9(15)8-11(10)14;/h4-5,8H,3,6-7,15H2,1-2H3;1H. The normalized spacial score (nSPS) is 17.4. The van der Waals surface area contributed by atoms with Gasteiger partial charge in [-0.3, -0.25) is 4.79 Å². The Labute approximate surface area is 119 Å². The van der Waals surface area contributed by atoms with E-state index in [1.54, 1.807) is 18.2 Å². The topological polar surface area (TPSA) is 46.3 Å². The molecule has 18 heavy (non-hydrogen) atoms. The Kier molecular flexibility index (Phi) is 4.51. The molecule has 1 amide bonds. The fourth-order valence-corrected chi connectivity index (χ4v) is 2.60. The maximum absolute atomic E-state index is 12.4. The van der Waals surface area contributed by atoms with Gasteiger partial charge in [-0.2, -0.15) is 0 Å². The van der Waals surface area contributed by atoms with E-state index < -0.39 is 0 Å².